The average molecular weight is 205 g/mol. The van der Waals surface area contributed by atoms with Crippen molar-refractivity contribution < 1.29 is 9.31 Å². The Labute approximate surface area is 85.8 Å². The Morgan fingerprint density at radius 1 is 1.21 bits per heavy atom. The molecule has 70 valence electrons. The number of hydrogen-bond donors (Lipinski definition) is 0. The molecule has 1 fully saturated rings. The van der Waals surface area contributed by atoms with Crippen LogP contribution in [-0.2, 0) is 9.31 Å². The first kappa shape index (κ1) is 8.41. The lowest BCUT2D eigenvalue weighted by atomic mass is 9.93. The normalized spacial score (nSPS) is 16.7. The fourth-order valence-corrected chi connectivity index (χ4v) is 2.46. The smallest absolute Gasteiger partial charge is 0.403 e. The number of aromatic nitrogens is 1. The predicted molar refractivity (Wildman–Crippen MR) is 56.9 cm³/mol. The van der Waals surface area contributed by atoms with Gasteiger partial charge in [0.1, 0.15) is 4.91 Å². The van der Waals surface area contributed by atoms with Gasteiger partial charge in [-0.2, -0.15) is 0 Å². The molecule has 1 aliphatic heterocycles. The third-order valence-corrected chi connectivity index (χ3v) is 3.19. The summed E-state index contributed by atoms with van der Waals surface area (Å²) >= 11 is 1.63. The SMILES string of the molecule is c1ccc2sc(B3OCCO3)nc2c1. The van der Waals surface area contributed by atoms with E-state index in [9.17, 15) is 0 Å². The van der Waals surface area contributed by atoms with Gasteiger partial charge < -0.3 is 9.31 Å². The highest BCUT2D eigenvalue weighted by molar-refractivity contribution is 7.27. The van der Waals surface area contributed by atoms with Gasteiger partial charge in [-0.05, 0) is 12.1 Å². The van der Waals surface area contributed by atoms with E-state index in [0.717, 1.165) is 10.4 Å². The van der Waals surface area contributed by atoms with Gasteiger partial charge in [0.25, 0.3) is 0 Å². The van der Waals surface area contributed by atoms with Crippen LogP contribution in [0.2, 0.25) is 0 Å². The standard InChI is InChI=1S/C9H8BNO2S/c1-2-4-8-7(3-1)11-9(14-8)10-12-5-6-13-10/h1-4H,5-6H2. The van der Waals surface area contributed by atoms with E-state index in [2.05, 4.69) is 11.1 Å². The Morgan fingerprint density at radius 2 is 2.00 bits per heavy atom. The first-order valence-electron chi connectivity index (χ1n) is 4.52. The Morgan fingerprint density at radius 3 is 2.79 bits per heavy atom. The highest BCUT2D eigenvalue weighted by atomic mass is 32.1. The maximum atomic E-state index is 5.39. The lowest BCUT2D eigenvalue weighted by Gasteiger charge is -1.95. The molecule has 0 N–H and O–H groups in total. The number of fused-ring (bicyclic) bond motifs is 1. The number of para-hydroxylation sites is 1. The van der Waals surface area contributed by atoms with Gasteiger partial charge in [0, 0.05) is 0 Å². The summed E-state index contributed by atoms with van der Waals surface area (Å²) in [6, 6.07) is 8.07. The Balaban J connectivity index is 2.05. The van der Waals surface area contributed by atoms with Crippen LogP contribution in [0.15, 0.2) is 24.3 Å². The second-order valence-electron chi connectivity index (χ2n) is 3.09. The van der Waals surface area contributed by atoms with E-state index in [4.69, 9.17) is 9.31 Å². The number of benzene rings is 1. The van der Waals surface area contributed by atoms with E-state index in [1.807, 2.05) is 18.2 Å². The summed E-state index contributed by atoms with van der Waals surface area (Å²) in [5.74, 6) is 0. The molecule has 1 aromatic heterocycles. The molecule has 3 rings (SSSR count). The maximum Gasteiger partial charge on any atom is 0.524 e. The molecule has 1 aliphatic rings. The van der Waals surface area contributed by atoms with Crippen molar-refractivity contribution in [1.29, 1.82) is 0 Å². The largest absolute Gasteiger partial charge is 0.524 e. The Bertz CT molecular complexity index is 420. The minimum absolute atomic E-state index is 0.243. The van der Waals surface area contributed by atoms with Gasteiger partial charge in [-0.25, -0.2) is 4.98 Å². The summed E-state index contributed by atoms with van der Waals surface area (Å²) < 4.78 is 12.0. The van der Waals surface area contributed by atoms with Crippen LogP contribution in [0.1, 0.15) is 0 Å². The van der Waals surface area contributed by atoms with Crippen LogP contribution in [-0.4, -0.2) is 25.3 Å². The predicted octanol–water partition coefficient (Wildman–Crippen LogP) is 1.04. The van der Waals surface area contributed by atoms with Gasteiger partial charge >= 0.3 is 7.12 Å². The van der Waals surface area contributed by atoms with Gasteiger partial charge in [-0.1, -0.05) is 12.1 Å². The minimum Gasteiger partial charge on any atom is -0.403 e. The summed E-state index contributed by atoms with van der Waals surface area (Å²) in [5, 5.41) is 0. The number of rotatable bonds is 1. The van der Waals surface area contributed by atoms with Crippen LogP contribution in [0.5, 0.6) is 0 Å². The van der Waals surface area contributed by atoms with Gasteiger partial charge in [-0.15, -0.1) is 11.3 Å². The van der Waals surface area contributed by atoms with E-state index < -0.39 is 0 Å². The summed E-state index contributed by atoms with van der Waals surface area (Å²) in [6.45, 7) is 1.33. The topological polar surface area (TPSA) is 31.4 Å². The van der Waals surface area contributed by atoms with Crippen LogP contribution >= 0.6 is 11.3 Å². The zero-order valence-corrected chi connectivity index (χ0v) is 8.29. The highest BCUT2D eigenvalue weighted by Crippen LogP contribution is 2.16. The Hall–Kier alpha value is -0.905. The third kappa shape index (κ3) is 1.34. The van der Waals surface area contributed by atoms with Crippen molar-refractivity contribution in [2.75, 3.05) is 13.2 Å². The summed E-state index contributed by atoms with van der Waals surface area (Å²) in [6.07, 6.45) is 0. The van der Waals surface area contributed by atoms with Gasteiger partial charge in [0.05, 0.1) is 23.4 Å². The minimum atomic E-state index is -0.243. The van der Waals surface area contributed by atoms with E-state index in [-0.39, 0.29) is 7.12 Å². The van der Waals surface area contributed by atoms with Crippen molar-refractivity contribution in [3.05, 3.63) is 24.3 Å². The number of nitrogens with zero attached hydrogens (tertiary/aromatic N) is 1. The van der Waals surface area contributed by atoms with E-state index >= 15 is 0 Å². The molecular weight excluding hydrogens is 197 g/mol. The molecule has 0 spiro atoms. The average Bonchev–Trinajstić information content (AvgIpc) is 2.86. The van der Waals surface area contributed by atoms with Crippen LogP contribution in [0.4, 0.5) is 0 Å². The number of thiazole rings is 1. The molecule has 2 aromatic rings. The Kier molecular flexibility index (Phi) is 2.01. The monoisotopic (exact) mass is 205 g/mol. The van der Waals surface area contributed by atoms with Crippen molar-refractivity contribution >= 4 is 33.6 Å². The van der Waals surface area contributed by atoms with E-state index in [1.54, 1.807) is 11.3 Å². The van der Waals surface area contributed by atoms with Crippen LogP contribution in [0, 0.1) is 0 Å². The van der Waals surface area contributed by atoms with Crippen LogP contribution < -0.4 is 4.91 Å². The highest BCUT2D eigenvalue weighted by Gasteiger charge is 2.29. The van der Waals surface area contributed by atoms with Crippen LogP contribution in [0.3, 0.4) is 0 Å². The number of hydrogen-bond acceptors (Lipinski definition) is 4. The van der Waals surface area contributed by atoms with Crippen molar-refractivity contribution in [2.45, 2.75) is 0 Å². The molecule has 0 bridgehead atoms. The van der Waals surface area contributed by atoms with Gasteiger partial charge in [0.2, 0.25) is 0 Å². The maximum absolute atomic E-state index is 5.39. The van der Waals surface area contributed by atoms with Crippen molar-refractivity contribution in [3.63, 3.8) is 0 Å². The quantitative estimate of drug-likeness (QED) is 0.651. The molecule has 2 heterocycles. The van der Waals surface area contributed by atoms with Gasteiger partial charge in [0.15, 0.2) is 0 Å². The van der Waals surface area contributed by atoms with Crippen molar-refractivity contribution in [1.82, 2.24) is 4.98 Å². The summed E-state index contributed by atoms with van der Waals surface area (Å²) in [4.78, 5) is 5.38. The zero-order valence-electron chi connectivity index (χ0n) is 7.47. The fourth-order valence-electron chi connectivity index (χ4n) is 1.49. The molecule has 0 amide bonds. The summed E-state index contributed by atoms with van der Waals surface area (Å²) in [5.41, 5.74) is 1.02. The lowest BCUT2D eigenvalue weighted by molar-refractivity contribution is 0.365. The molecule has 3 nitrogen and oxygen atoms in total. The second-order valence-corrected chi connectivity index (χ2v) is 4.16. The molecule has 0 atom stereocenters. The molecule has 0 aliphatic carbocycles. The third-order valence-electron chi connectivity index (χ3n) is 2.13. The van der Waals surface area contributed by atoms with Gasteiger partial charge in [-0.3, -0.25) is 0 Å². The molecule has 1 aromatic carbocycles. The fraction of sp³-hybridized carbons (Fsp3) is 0.222. The molecule has 0 radical (unpaired) electrons. The molecule has 14 heavy (non-hydrogen) atoms. The second kappa shape index (κ2) is 3.35. The van der Waals surface area contributed by atoms with Crippen molar-refractivity contribution in [2.24, 2.45) is 0 Å². The van der Waals surface area contributed by atoms with E-state index in [0.29, 0.717) is 13.2 Å². The molecule has 5 heteroatoms. The lowest BCUT2D eigenvalue weighted by Crippen LogP contribution is -2.30. The molecular formula is C9H8BNO2S. The van der Waals surface area contributed by atoms with Crippen LogP contribution in [0.25, 0.3) is 10.2 Å². The summed E-state index contributed by atoms with van der Waals surface area (Å²) in [7, 11) is -0.243. The van der Waals surface area contributed by atoms with E-state index in [1.165, 1.54) is 4.70 Å². The first-order chi connectivity index (χ1) is 6.93. The zero-order chi connectivity index (χ0) is 9.38. The van der Waals surface area contributed by atoms with Crippen molar-refractivity contribution in [3.8, 4) is 0 Å². The molecule has 1 saturated heterocycles. The molecule has 0 saturated carbocycles. The first-order valence-corrected chi connectivity index (χ1v) is 5.34. The molecule has 0 unspecified atom stereocenters.